The maximum atomic E-state index is 13.1. The Kier molecular flexibility index (Phi) is 4.30. The number of hydrogen-bond donors (Lipinski definition) is 2. The van der Waals surface area contributed by atoms with Crippen LogP contribution in [0.5, 0.6) is 5.75 Å². The fraction of sp³-hybridized carbons (Fsp3) is 0.360. The maximum Gasteiger partial charge on any atom is 0.254 e. The Morgan fingerprint density at radius 1 is 1.03 bits per heavy atom. The van der Waals surface area contributed by atoms with E-state index in [1.165, 1.54) is 0 Å². The summed E-state index contributed by atoms with van der Waals surface area (Å²) in [4.78, 5) is 25.8. The first kappa shape index (κ1) is 19.4. The SMILES string of the molecule is CNC(=O)c1cc(C(=O)N[C@H]2[C@@H]3COC[C@@H]32)cc2c1OCC2c1cccc2c1ccn2C. The zero-order chi connectivity index (χ0) is 22.0. The molecule has 164 valence electrons. The number of carbonyl (C=O) groups excluding carboxylic acids is 2. The highest BCUT2D eigenvalue weighted by atomic mass is 16.5. The van der Waals surface area contributed by atoms with Crippen molar-refractivity contribution in [2.45, 2.75) is 12.0 Å². The van der Waals surface area contributed by atoms with Crippen molar-refractivity contribution in [1.82, 2.24) is 15.2 Å². The molecule has 6 rings (SSSR count). The van der Waals surface area contributed by atoms with Crippen molar-refractivity contribution in [3.63, 3.8) is 0 Å². The molecule has 2 fully saturated rings. The van der Waals surface area contributed by atoms with Crippen molar-refractivity contribution < 1.29 is 19.1 Å². The smallest absolute Gasteiger partial charge is 0.254 e. The monoisotopic (exact) mass is 431 g/mol. The highest BCUT2D eigenvalue weighted by Gasteiger charge is 2.54. The lowest BCUT2D eigenvalue weighted by Crippen LogP contribution is -2.30. The van der Waals surface area contributed by atoms with Crippen molar-refractivity contribution >= 4 is 22.7 Å². The topological polar surface area (TPSA) is 81.6 Å². The first-order chi connectivity index (χ1) is 15.6. The highest BCUT2D eigenvalue weighted by Crippen LogP contribution is 2.45. The average Bonchev–Trinajstić information content (AvgIpc) is 3.27. The van der Waals surface area contributed by atoms with Crippen LogP contribution >= 0.6 is 0 Å². The highest BCUT2D eigenvalue weighted by molar-refractivity contribution is 6.02. The fourth-order valence-electron chi connectivity index (χ4n) is 5.34. The number of amides is 2. The van der Waals surface area contributed by atoms with Gasteiger partial charge in [0.05, 0.1) is 25.4 Å². The van der Waals surface area contributed by atoms with Gasteiger partial charge in [0, 0.05) is 66.1 Å². The molecule has 3 heterocycles. The summed E-state index contributed by atoms with van der Waals surface area (Å²) in [6, 6.07) is 12.0. The van der Waals surface area contributed by atoms with Crippen molar-refractivity contribution in [3.8, 4) is 5.75 Å². The number of hydrogen-bond acceptors (Lipinski definition) is 4. The minimum absolute atomic E-state index is 0.0547. The van der Waals surface area contributed by atoms with Gasteiger partial charge in [0.1, 0.15) is 5.75 Å². The number of rotatable bonds is 4. The van der Waals surface area contributed by atoms with E-state index in [-0.39, 0.29) is 23.8 Å². The summed E-state index contributed by atoms with van der Waals surface area (Å²) in [5.74, 6) is 0.931. The lowest BCUT2D eigenvalue weighted by molar-refractivity contribution is 0.0929. The summed E-state index contributed by atoms with van der Waals surface area (Å²) in [6.45, 7) is 1.85. The molecular weight excluding hydrogens is 406 g/mol. The van der Waals surface area contributed by atoms with E-state index < -0.39 is 0 Å². The third-order valence-electron chi connectivity index (χ3n) is 7.21. The normalized spacial score (nSPS) is 25.2. The predicted molar refractivity (Wildman–Crippen MR) is 119 cm³/mol. The van der Waals surface area contributed by atoms with Crippen LogP contribution in [0.3, 0.4) is 0 Å². The van der Waals surface area contributed by atoms with Crippen molar-refractivity contribution in [1.29, 1.82) is 0 Å². The molecule has 32 heavy (non-hydrogen) atoms. The summed E-state index contributed by atoms with van der Waals surface area (Å²) in [6.07, 6.45) is 2.04. The first-order valence-corrected chi connectivity index (χ1v) is 11.0. The number of ether oxygens (including phenoxy) is 2. The predicted octanol–water partition coefficient (Wildman–Crippen LogP) is 2.44. The van der Waals surface area contributed by atoms with Gasteiger partial charge in [-0.25, -0.2) is 0 Å². The van der Waals surface area contributed by atoms with Gasteiger partial charge in [0.15, 0.2) is 0 Å². The second-order valence-electron chi connectivity index (χ2n) is 8.96. The Hall–Kier alpha value is -3.32. The van der Waals surface area contributed by atoms with Crippen LogP contribution in [0.1, 0.15) is 37.8 Å². The molecule has 2 amide bonds. The average molecular weight is 431 g/mol. The third-order valence-corrected chi connectivity index (χ3v) is 7.21. The summed E-state index contributed by atoms with van der Waals surface area (Å²) < 4.78 is 13.6. The van der Waals surface area contributed by atoms with E-state index in [2.05, 4.69) is 33.4 Å². The van der Waals surface area contributed by atoms with Gasteiger partial charge >= 0.3 is 0 Å². The number of aryl methyl sites for hydroxylation is 1. The Bertz CT molecular complexity index is 1250. The van der Waals surface area contributed by atoms with Gasteiger partial charge < -0.3 is 24.7 Å². The molecule has 1 unspecified atom stereocenters. The quantitative estimate of drug-likeness (QED) is 0.665. The molecule has 7 heteroatoms. The lowest BCUT2D eigenvalue weighted by atomic mass is 9.88. The molecule has 1 aliphatic carbocycles. The number of carbonyl (C=O) groups is 2. The zero-order valence-electron chi connectivity index (χ0n) is 18.1. The van der Waals surface area contributed by atoms with Crippen molar-refractivity contribution in [2.24, 2.45) is 18.9 Å². The Balaban J connectivity index is 1.41. The van der Waals surface area contributed by atoms with Crippen LogP contribution in [0.25, 0.3) is 10.9 Å². The zero-order valence-corrected chi connectivity index (χ0v) is 18.1. The van der Waals surface area contributed by atoms with Crippen LogP contribution in [0.4, 0.5) is 0 Å². The number of nitrogens with one attached hydrogen (secondary N) is 2. The summed E-state index contributed by atoms with van der Waals surface area (Å²) in [7, 11) is 3.61. The lowest BCUT2D eigenvalue weighted by Gasteiger charge is -2.14. The number of nitrogens with zero attached hydrogens (tertiary/aromatic N) is 1. The number of fused-ring (bicyclic) bond motifs is 3. The molecule has 1 saturated carbocycles. The van der Waals surface area contributed by atoms with Gasteiger partial charge in [-0.3, -0.25) is 9.59 Å². The maximum absolute atomic E-state index is 13.1. The molecule has 0 spiro atoms. The van der Waals surface area contributed by atoms with Gasteiger partial charge in [-0.15, -0.1) is 0 Å². The third kappa shape index (κ3) is 2.84. The van der Waals surface area contributed by atoms with Gasteiger partial charge in [0.2, 0.25) is 0 Å². The van der Waals surface area contributed by atoms with Crippen molar-refractivity contribution in [2.75, 3.05) is 26.9 Å². The molecule has 0 radical (unpaired) electrons. The number of benzene rings is 2. The fourth-order valence-corrected chi connectivity index (χ4v) is 5.34. The molecule has 2 aliphatic heterocycles. The molecule has 1 aromatic heterocycles. The van der Waals surface area contributed by atoms with Crippen LogP contribution in [0, 0.1) is 11.8 Å². The van der Waals surface area contributed by atoms with Crippen LogP contribution in [-0.4, -0.2) is 49.3 Å². The molecule has 1 saturated heterocycles. The second-order valence-corrected chi connectivity index (χ2v) is 8.96. The van der Waals surface area contributed by atoms with E-state index >= 15 is 0 Å². The van der Waals surface area contributed by atoms with Crippen LogP contribution in [0.15, 0.2) is 42.6 Å². The van der Waals surface area contributed by atoms with Gasteiger partial charge in [-0.2, -0.15) is 0 Å². The van der Waals surface area contributed by atoms with E-state index in [4.69, 9.17) is 9.47 Å². The number of aromatic nitrogens is 1. The second kappa shape index (κ2) is 7.10. The van der Waals surface area contributed by atoms with E-state index in [9.17, 15) is 9.59 Å². The molecule has 7 nitrogen and oxygen atoms in total. The van der Waals surface area contributed by atoms with Crippen LogP contribution in [0.2, 0.25) is 0 Å². The Morgan fingerprint density at radius 3 is 2.62 bits per heavy atom. The molecule has 3 aromatic rings. The largest absolute Gasteiger partial charge is 0.491 e. The van der Waals surface area contributed by atoms with E-state index in [0.717, 1.165) is 22.0 Å². The minimum Gasteiger partial charge on any atom is -0.491 e. The molecule has 2 aromatic carbocycles. The van der Waals surface area contributed by atoms with E-state index in [1.54, 1.807) is 13.1 Å². The van der Waals surface area contributed by atoms with Gasteiger partial charge in [-0.05, 0) is 29.8 Å². The van der Waals surface area contributed by atoms with Gasteiger partial charge in [-0.1, -0.05) is 12.1 Å². The molecule has 3 aliphatic rings. The molecule has 4 atom stereocenters. The summed E-state index contributed by atoms with van der Waals surface area (Å²) in [5.41, 5.74) is 4.04. The molecular formula is C25H25N3O4. The first-order valence-electron chi connectivity index (χ1n) is 11.0. The Morgan fingerprint density at radius 2 is 1.84 bits per heavy atom. The van der Waals surface area contributed by atoms with Crippen molar-refractivity contribution in [3.05, 3.63) is 64.8 Å². The summed E-state index contributed by atoms with van der Waals surface area (Å²) in [5, 5.41) is 6.97. The van der Waals surface area contributed by atoms with Crippen LogP contribution in [-0.2, 0) is 11.8 Å². The molecule has 0 bridgehead atoms. The van der Waals surface area contributed by atoms with Crippen LogP contribution < -0.4 is 15.4 Å². The van der Waals surface area contributed by atoms with E-state index in [0.29, 0.717) is 48.5 Å². The van der Waals surface area contributed by atoms with Gasteiger partial charge in [0.25, 0.3) is 11.8 Å². The minimum atomic E-state index is -0.258. The standard InChI is InChI=1S/C25H25N3O4/c1-26-25(30)17-9-13(24(29)27-22-19-10-31-11-20(19)22)8-16-18(12-32-23(16)17)14-4-3-5-21-15(14)6-7-28(21)2/h3-9,18-20,22H,10-12H2,1-2H3,(H,26,30)(H,27,29)/t18?,19-,20+,22+. The van der Waals surface area contributed by atoms with E-state index in [1.807, 2.05) is 25.4 Å². The Labute approximate surface area is 185 Å². The molecule has 2 N–H and O–H groups in total. The summed E-state index contributed by atoms with van der Waals surface area (Å²) >= 11 is 0.